The molecular weight excluding hydrogens is 498 g/mol. The monoisotopic (exact) mass is 525 g/mol. The second-order valence-electron chi connectivity index (χ2n) is 8.74. The van der Waals surface area contributed by atoms with Crippen molar-refractivity contribution in [3.05, 3.63) is 76.7 Å². The first-order chi connectivity index (χ1) is 17.6. The van der Waals surface area contributed by atoms with Crippen molar-refractivity contribution in [2.75, 3.05) is 37.7 Å². The lowest BCUT2D eigenvalue weighted by Gasteiger charge is -2.38. The molecular formula is C26H28ClN5O3S. The molecule has 3 aromatic rings. The maximum Gasteiger partial charge on any atom is 0.251 e. The molecule has 2 aliphatic heterocycles. The number of benzene rings is 1. The number of halogens is 1. The van der Waals surface area contributed by atoms with Crippen molar-refractivity contribution in [1.29, 1.82) is 0 Å². The highest BCUT2D eigenvalue weighted by molar-refractivity contribution is 7.98. The third kappa shape index (κ3) is 6.34. The van der Waals surface area contributed by atoms with Crippen LogP contribution in [0.5, 0.6) is 0 Å². The predicted molar refractivity (Wildman–Crippen MR) is 139 cm³/mol. The molecule has 0 aliphatic carbocycles. The summed E-state index contributed by atoms with van der Waals surface area (Å²) in [7, 11) is 0. The normalized spacial score (nSPS) is 16.9. The Kier molecular flexibility index (Phi) is 8.01. The van der Waals surface area contributed by atoms with E-state index in [1.807, 2.05) is 42.5 Å². The molecule has 1 amide bonds. The molecule has 0 bridgehead atoms. The number of piperidine rings is 1. The van der Waals surface area contributed by atoms with Crippen LogP contribution in [0.4, 0.5) is 5.82 Å². The van der Waals surface area contributed by atoms with E-state index in [1.165, 1.54) is 11.8 Å². The molecule has 0 atom stereocenters. The first-order valence-electron chi connectivity index (χ1n) is 12.1. The minimum absolute atomic E-state index is 0.0929. The van der Waals surface area contributed by atoms with Crippen LogP contribution in [0.1, 0.15) is 34.5 Å². The third-order valence-electron chi connectivity index (χ3n) is 6.30. The number of rotatable bonds is 8. The molecule has 5 rings (SSSR count). The number of thioether (sulfide) groups is 1. The summed E-state index contributed by atoms with van der Waals surface area (Å²) < 4.78 is 11.6. The topological polar surface area (TPSA) is 89.5 Å². The molecule has 1 N–H and O–H groups in total. The smallest absolute Gasteiger partial charge is 0.251 e. The summed E-state index contributed by atoms with van der Waals surface area (Å²) in [5.74, 6) is 0.979. The molecule has 10 heteroatoms. The molecule has 0 radical (unpaired) electrons. The van der Waals surface area contributed by atoms with Gasteiger partial charge in [-0.05, 0) is 29.8 Å². The second kappa shape index (κ2) is 11.6. The van der Waals surface area contributed by atoms with E-state index < -0.39 is 5.79 Å². The maximum atomic E-state index is 12.4. The zero-order valence-corrected chi connectivity index (χ0v) is 21.4. The van der Waals surface area contributed by atoms with Gasteiger partial charge in [-0.15, -0.1) is 0 Å². The van der Waals surface area contributed by atoms with Crippen LogP contribution in [0.15, 0.2) is 59.9 Å². The zero-order valence-electron chi connectivity index (χ0n) is 19.9. The van der Waals surface area contributed by atoms with Crippen LogP contribution in [-0.2, 0) is 21.6 Å². The summed E-state index contributed by atoms with van der Waals surface area (Å²) in [6, 6.07) is 15.2. The number of hydrogen-bond donors (Lipinski definition) is 1. The molecule has 1 aromatic carbocycles. The maximum absolute atomic E-state index is 12.4. The molecule has 2 aromatic heterocycles. The average molecular weight is 526 g/mol. The standard InChI is InChI=1S/C26H28ClN5O3S/c27-22-17-23(32-13-9-26(10-14-32)34-15-16-35-26)31-25(30-22)36-18-19-4-6-20(7-5-19)24(33)29-12-8-21-3-1-2-11-28-21/h1-7,11,17H,8-10,12-16,18H2,(H,29,33). The second-order valence-corrected chi connectivity index (χ2v) is 10.1. The number of ether oxygens (including phenoxy) is 2. The number of amides is 1. The van der Waals surface area contributed by atoms with Gasteiger partial charge in [0.1, 0.15) is 11.0 Å². The fourth-order valence-corrected chi connectivity index (χ4v) is 5.36. The zero-order chi connectivity index (χ0) is 24.8. The SMILES string of the molecule is O=C(NCCc1ccccn1)c1ccc(CSc2nc(Cl)cc(N3CCC4(CC3)OCCO4)n2)cc1. The Bertz CT molecular complexity index is 1170. The van der Waals surface area contributed by atoms with Gasteiger partial charge in [0.2, 0.25) is 0 Å². The molecule has 1 spiro atoms. The summed E-state index contributed by atoms with van der Waals surface area (Å²) in [6.45, 7) is 3.46. The van der Waals surface area contributed by atoms with Crippen LogP contribution >= 0.6 is 23.4 Å². The first kappa shape index (κ1) is 25.0. The van der Waals surface area contributed by atoms with Crippen LogP contribution in [-0.4, -0.2) is 59.5 Å². The van der Waals surface area contributed by atoms with Crippen molar-refractivity contribution in [2.24, 2.45) is 0 Å². The van der Waals surface area contributed by atoms with Gasteiger partial charge in [-0.25, -0.2) is 9.97 Å². The number of nitrogens with zero attached hydrogens (tertiary/aromatic N) is 4. The van der Waals surface area contributed by atoms with Crippen LogP contribution in [0.25, 0.3) is 0 Å². The number of pyridine rings is 1. The number of nitrogens with one attached hydrogen (secondary N) is 1. The van der Waals surface area contributed by atoms with Gasteiger partial charge in [0.05, 0.1) is 13.2 Å². The largest absolute Gasteiger partial charge is 0.356 e. The van der Waals surface area contributed by atoms with Gasteiger partial charge in [0, 0.05) is 68.2 Å². The summed E-state index contributed by atoms with van der Waals surface area (Å²) in [5, 5.41) is 4.00. The minimum atomic E-state index is -0.424. The summed E-state index contributed by atoms with van der Waals surface area (Å²) in [5.41, 5.74) is 2.66. The lowest BCUT2D eigenvalue weighted by atomic mass is 10.0. The van der Waals surface area contributed by atoms with Gasteiger partial charge in [-0.3, -0.25) is 9.78 Å². The Morgan fingerprint density at radius 3 is 2.58 bits per heavy atom. The Labute approximate surface area is 219 Å². The van der Waals surface area contributed by atoms with Gasteiger partial charge < -0.3 is 19.7 Å². The summed E-state index contributed by atoms with van der Waals surface area (Å²) in [6.07, 6.45) is 4.07. The number of aromatic nitrogens is 3. The van der Waals surface area contributed by atoms with E-state index in [1.54, 1.807) is 12.3 Å². The van der Waals surface area contributed by atoms with E-state index in [0.29, 0.717) is 47.8 Å². The van der Waals surface area contributed by atoms with Crippen LogP contribution < -0.4 is 10.2 Å². The molecule has 0 saturated carbocycles. The lowest BCUT2D eigenvalue weighted by molar-refractivity contribution is -0.169. The fourth-order valence-electron chi connectivity index (χ4n) is 4.33. The van der Waals surface area contributed by atoms with Crippen molar-refractivity contribution in [3.8, 4) is 0 Å². The quantitative estimate of drug-likeness (QED) is 0.267. The van der Waals surface area contributed by atoms with E-state index in [0.717, 1.165) is 43.0 Å². The Morgan fingerprint density at radius 2 is 1.86 bits per heavy atom. The van der Waals surface area contributed by atoms with Crippen LogP contribution in [0.2, 0.25) is 5.15 Å². The molecule has 188 valence electrons. The first-order valence-corrected chi connectivity index (χ1v) is 13.4. The number of carbonyl (C=O) groups excluding carboxylic acids is 1. The van der Waals surface area contributed by atoms with Crippen molar-refractivity contribution in [1.82, 2.24) is 20.3 Å². The number of anilines is 1. The van der Waals surface area contributed by atoms with Crippen molar-refractivity contribution in [2.45, 2.75) is 36.0 Å². The van der Waals surface area contributed by atoms with Crippen molar-refractivity contribution in [3.63, 3.8) is 0 Å². The highest BCUT2D eigenvalue weighted by Gasteiger charge is 2.40. The van der Waals surface area contributed by atoms with E-state index in [-0.39, 0.29) is 5.91 Å². The van der Waals surface area contributed by atoms with Gasteiger partial charge in [-0.2, -0.15) is 0 Å². The Morgan fingerprint density at radius 1 is 1.08 bits per heavy atom. The summed E-state index contributed by atoms with van der Waals surface area (Å²) >= 11 is 7.84. The molecule has 0 unspecified atom stereocenters. The molecule has 36 heavy (non-hydrogen) atoms. The molecule has 4 heterocycles. The highest BCUT2D eigenvalue weighted by Crippen LogP contribution is 2.33. The van der Waals surface area contributed by atoms with Gasteiger partial charge in [-0.1, -0.05) is 41.6 Å². The minimum Gasteiger partial charge on any atom is -0.356 e. The van der Waals surface area contributed by atoms with Gasteiger partial charge in [0.25, 0.3) is 5.91 Å². The summed E-state index contributed by atoms with van der Waals surface area (Å²) in [4.78, 5) is 28.0. The fraction of sp³-hybridized carbons (Fsp3) is 0.385. The van der Waals surface area contributed by atoms with Crippen molar-refractivity contribution < 1.29 is 14.3 Å². The molecule has 2 saturated heterocycles. The van der Waals surface area contributed by atoms with Crippen LogP contribution in [0.3, 0.4) is 0 Å². The van der Waals surface area contributed by atoms with E-state index in [4.69, 9.17) is 26.1 Å². The molecule has 8 nitrogen and oxygen atoms in total. The Balaban J connectivity index is 1.12. The van der Waals surface area contributed by atoms with Crippen molar-refractivity contribution >= 4 is 35.1 Å². The van der Waals surface area contributed by atoms with E-state index in [2.05, 4.69) is 20.2 Å². The number of carbonyl (C=O) groups is 1. The third-order valence-corrected chi connectivity index (χ3v) is 7.41. The van der Waals surface area contributed by atoms with Crippen LogP contribution in [0, 0.1) is 0 Å². The predicted octanol–water partition coefficient (Wildman–Crippen LogP) is 4.13. The molecule has 2 aliphatic rings. The lowest BCUT2D eigenvalue weighted by Crippen LogP contribution is -2.45. The van der Waals surface area contributed by atoms with E-state index in [9.17, 15) is 4.79 Å². The highest BCUT2D eigenvalue weighted by atomic mass is 35.5. The average Bonchev–Trinajstić information content (AvgIpc) is 3.36. The molecule has 2 fully saturated rings. The Hall–Kier alpha value is -2.72. The number of hydrogen-bond acceptors (Lipinski definition) is 8. The van der Waals surface area contributed by atoms with Gasteiger partial charge >= 0.3 is 0 Å². The van der Waals surface area contributed by atoms with Gasteiger partial charge in [0.15, 0.2) is 10.9 Å². The van der Waals surface area contributed by atoms with E-state index >= 15 is 0 Å².